The van der Waals surface area contributed by atoms with Crippen molar-refractivity contribution in [2.24, 2.45) is 11.8 Å². The van der Waals surface area contributed by atoms with E-state index in [0.717, 1.165) is 25.9 Å². The third-order valence-corrected chi connectivity index (χ3v) is 3.51. The van der Waals surface area contributed by atoms with Crippen LogP contribution in [0.2, 0.25) is 0 Å². The Morgan fingerprint density at radius 3 is 2.59 bits per heavy atom. The van der Waals surface area contributed by atoms with Crippen LogP contribution in [0.4, 0.5) is 0 Å². The maximum atomic E-state index is 10.00. The fourth-order valence-corrected chi connectivity index (χ4v) is 2.23. The average Bonchev–Trinajstić information content (AvgIpc) is 2.71. The van der Waals surface area contributed by atoms with Gasteiger partial charge in [-0.3, -0.25) is 5.41 Å². The maximum Gasteiger partial charge on any atom is 0.185 e. The molecule has 1 saturated heterocycles. The number of nitrogens with one attached hydrogen (secondary N) is 1. The van der Waals surface area contributed by atoms with Crippen molar-refractivity contribution in [1.29, 1.82) is 5.41 Å². The van der Waals surface area contributed by atoms with Crippen molar-refractivity contribution in [2.45, 2.75) is 45.8 Å². The number of nitrogens with zero attached hydrogens (tertiary/aromatic N) is 1. The first-order valence-corrected chi connectivity index (χ1v) is 6.57. The Labute approximate surface area is 104 Å². The van der Waals surface area contributed by atoms with E-state index in [2.05, 4.69) is 11.9 Å². The van der Waals surface area contributed by atoms with E-state index in [1.165, 1.54) is 0 Å². The van der Waals surface area contributed by atoms with Gasteiger partial charge in [0.15, 0.2) is 5.90 Å². The van der Waals surface area contributed by atoms with E-state index in [-0.39, 0.29) is 17.9 Å². The van der Waals surface area contributed by atoms with Gasteiger partial charge in [-0.05, 0) is 32.4 Å². The highest BCUT2D eigenvalue weighted by molar-refractivity contribution is 5.76. The van der Waals surface area contributed by atoms with Crippen LogP contribution in [0.3, 0.4) is 0 Å². The molecule has 0 aromatic rings. The standard InChI is InChI=1S/C13H26N2O2/c1-5-11(12(16)9(2)3)17-13(14)10-6-7-15(4)8-10/h9-12,14,16H,5-8H2,1-4H3. The summed E-state index contributed by atoms with van der Waals surface area (Å²) in [5, 5.41) is 18.0. The summed E-state index contributed by atoms with van der Waals surface area (Å²) in [7, 11) is 2.06. The van der Waals surface area contributed by atoms with Gasteiger partial charge >= 0.3 is 0 Å². The minimum absolute atomic E-state index is 0.166. The summed E-state index contributed by atoms with van der Waals surface area (Å²) in [4.78, 5) is 2.21. The Hall–Kier alpha value is -0.610. The number of hydrogen-bond acceptors (Lipinski definition) is 4. The Balaban J connectivity index is 2.48. The first-order chi connectivity index (χ1) is 7.95. The molecular weight excluding hydrogens is 216 g/mol. The lowest BCUT2D eigenvalue weighted by atomic mass is 10.00. The van der Waals surface area contributed by atoms with Gasteiger partial charge in [0.1, 0.15) is 6.10 Å². The second kappa shape index (κ2) is 6.36. The van der Waals surface area contributed by atoms with Crippen LogP contribution in [-0.4, -0.2) is 48.2 Å². The normalized spacial score (nSPS) is 24.9. The molecule has 1 rings (SSSR count). The Bertz CT molecular complexity index is 256. The third-order valence-electron chi connectivity index (χ3n) is 3.51. The van der Waals surface area contributed by atoms with Crippen molar-refractivity contribution in [3.8, 4) is 0 Å². The third kappa shape index (κ3) is 3.96. The van der Waals surface area contributed by atoms with Gasteiger partial charge in [0, 0.05) is 12.5 Å². The van der Waals surface area contributed by atoms with Gasteiger partial charge in [-0.15, -0.1) is 0 Å². The van der Waals surface area contributed by atoms with E-state index >= 15 is 0 Å². The van der Waals surface area contributed by atoms with Crippen LogP contribution in [0.25, 0.3) is 0 Å². The van der Waals surface area contributed by atoms with E-state index in [0.29, 0.717) is 5.90 Å². The van der Waals surface area contributed by atoms with Crippen LogP contribution >= 0.6 is 0 Å². The Kier molecular flexibility index (Phi) is 5.40. The smallest absolute Gasteiger partial charge is 0.185 e. The molecule has 1 aliphatic heterocycles. The number of aliphatic hydroxyl groups is 1. The topological polar surface area (TPSA) is 56.5 Å². The fraction of sp³-hybridized carbons (Fsp3) is 0.923. The monoisotopic (exact) mass is 242 g/mol. The van der Waals surface area contributed by atoms with Gasteiger partial charge in [0.05, 0.1) is 6.10 Å². The highest BCUT2D eigenvalue weighted by Gasteiger charge is 2.29. The van der Waals surface area contributed by atoms with Crippen molar-refractivity contribution in [3.05, 3.63) is 0 Å². The molecule has 17 heavy (non-hydrogen) atoms. The number of aliphatic hydroxyl groups excluding tert-OH is 1. The molecule has 0 aromatic carbocycles. The molecule has 0 radical (unpaired) electrons. The van der Waals surface area contributed by atoms with E-state index in [4.69, 9.17) is 10.1 Å². The van der Waals surface area contributed by atoms with Gasteiger partial charge in [-0.2, -0.15) is 0 Å². The summed E-state index contributed by atoms with van der Waals surface area (Å²) < 4.78 is 5.66. The number of likely N-dealkylation sites (tertiary alicyclic amines) is 1. The second-order valence-corrected chi connectivity index (χ2v) is 5.41. The molecule has 4 heteroatoms. The van der Waals surface area contributed by atoms with Crippen LogP contribution in [0, 0.1) is 17.2 Å². The Morgan fingerprint density at radius 1 is 1.53 bits per heavy atom. The largest absolute Gasteiger partial charge is 0.475 e. The van der Waals surface area contributed by atoms with Crippen LogP contribution in [0.15, 0.2) is 0 Å². The van der Waals surface area contributed by atoms with Gasteiger partial charge in [0.2, 0.25) is 0 Å². The highest BCUT2D eigenvalue weighted by atomic mass is 16.5. The van der Waals surface area contributed by atoms with Gasteiger partial charge in [-0.1, -0.05) is 20.8 Å². The Morgan fingerprint density at radius 2 is 2.18 bits per heavy atom. The maximum absolute atomic E-state index is 10.00. The van der Waals surface area contributed by atoms with Crippen molar-refractivity contribution in [3.63, 3.8) is 0 Å². The molecule has 3 unspecified atom stereocenters. The van der Waals surface area contributed by atoms with E-state index < -0.39 is 6.10 Å². The lowest BCUT2D eigenvalue weighted by Gasteiger charge is -2.27. The average molecular weight is 242 g/mol. The summed E-state index contributed by atoms with van der Waals surface area (Å²) in [6.45, 7) is 7.87. The molecule has 100 valence electrons. The summed E-state index contributed by atoms with van der Waals surface area (Å²) in [5.41, 5.74) is 0. The molecule has 0 aromatic heterocycles. The molecule has 0 saturated carbocycles. The fourth-order valence-electron chi connectivity index (χ4n) is 2.23. The zero-order valence-electron chi connectivity index (χ0n) is 11.4. The van der Waals surface area contributed by atoms with Crippen molar-refractivity contribution in [2.75, 3.05) is 20.1 Å². The quantitative estimate of drug-likeness (QED) is 0.570. The molecule has 1 fully saturated rings. The lowest BCUT2D eigenvalue weighted by molar-refractivity contribution is -0.00548. The molecule has 0 spiro atoms. The SMILES string of the molecule is CCC(OC(=N)C1CCN(C)C1)C(O)C(C)C. The van der Waals surface area contributed by atoms with E-state index in [1.54, 1.807) is 0 Å². The van der Waals surface area contributed by atoms with Crippen molar-refractivity contribution in [1.82, 2.24) is 4.90 Å². The summed E-state index contributed by atoms with van der Waals surface area (Å²) in [6, 6.07) is 0. The predicted molar refractivity (Wildman–Crippen MR) is 69.3 cm³/mol. The molecular formula is C13H26N2O2. The van der Waals surface area contributed by atoms with Crippen LogP contribution in [0.1, 0.15) is 33.6 Å². The summed E-state index contributed by atoms with van der Waals surface area (Å²) in [5.74, 6) is 0.716. The highest BCUT2D eigenvalue weighted by Crippen LogP contribution is 2.20. The molecule has 0 amide bonds. The number of rotatable bonds is 5. The molecule has 0 aliphatic carbocycles. The van der Waals surface area contributed by atoms with Gasteiger partial charge < -0.3 is 14.7 Å². The lowest BCUT2D eigenvalue weighted by Crippen LogP contribution is -2.36. The minimum Gasteiger partial charge on any atom is -0.475 e. The van der Waals surface area contributed by atoms with Gasteiger partial charge in [0.25, 0.3) is 0 Å². The van der Waals surface area contributed by atoms with Gasteiger partial charge in [-0.25, -0.2) is 0 Å². The molecule has 3 atom stereocenters. The zero-order chi connectivity index (χ0) is 13.0. The van der Waals surface area contributed by atoms with Crippen molar-refractivity contribution >= 4 is 5.90 Å². The first-order valence-electron chi connectivity index (χ1n) is 6.57. The summed E-state index contributed by atoms with van der Waals surface area (Å²) in [6.07, 6.45) is 1.00. The van der Waals surface area contributed by atoms with E-state index in [9.17, 15) is 5.11 Å². The minimum atomic E-state index is -0.487. The van der Waals surface area contributed by atoms with E-state index in [1.807, 2.05) is 20.8 Å². The first kappa shape index (κ1) is 14.5. The zero-order valence-corrected chi connectivity index (χ0v) is 11.4. The molecule has 4 nitrogen and oxygen atoms in total. The second-order valence-electron chi connectivity index (χ2n) is 5.41. The van der Waals surface area contributed by atoms with Crippen LogP contribution in [0.5, 0.6) is 0 Å². The van der Waals surface area contributed by atoms with Crippen LogP contribution < -0.4 is 0 Å². The molecule has 1 aliphatic rings. The predicted octanol–water partition coefficient (Wildman–Crippen LogP) is 1.73. The molecule has 1 heterocycles. The van der Waals surface area contributed by atoms with Crippen LogP contribution in [-0.2, 0) is 4.74 Å². The molecule has 2 N–H and O–H groups in total. The summed E-state index contributed by atoms with van der Waals surface area (Å²) >= 11 is 0. The number of hydrogen-bond donors (Lipinski definition) is 2. The van der Waals surface area contributed by atoms with Crippen molar-refractivity contribution < 1.29 is 9.84 Å². The molecule has 0 bridgehead atoms. The number of ether oxygens (including phenoxy) is 1.